The van der Waals surface area contributed by atoms with Crippen molar-refractivity contribution in [2.24, 2.45) is 0 Å². The molecule has 2 rings (SSSR count). The van der Waals surface area contributed by atoms with Crippen molar-refractivity contribution in [2.45, 2.75) is 26.8 Å². The molecule has 0 saturated carbocycles. The Bertz CT molecular complexity index is 517. The van der Waals surface area contributed by atoms with Crippen LogP contribution in [0, 0.1) is 12.7 Å². The van der Waals surface area contributed by atoms with Crippen molar-refractivity contribution in [3.8, 4) is 0 Å². The van der Waals surface area contributed by atoms with E-state index in [0.717, 1.165) is 5.82 Å². The number of imidazole rings is 1. The summed E-state index contributed by atoms with van der Waals surface area (Å²) in [5.74, 6) is 0.365. The van der Waals surface area contributed by atoms with Gasteiger partial charge in [-0.2, -0.15) is 0 Å². The zero-order valence-electron chi connectivity index (χ0n) is 9.50. The Morgan fingerprint density at radius 2 is 2.21 bits per heavy atom. The Balaban J connectivity index is 2.86. The van der Waals surface area contributed by atoms with Gasteiger partial charge in [-0.25, -0.2) is 9.37 Å². The summed E-state index contributed by atoms with van der Waals surface area (Å²) in [4.78, 5) is 4.18. The Morgan fingerprint density at radius 3 is 2.86 bits per heavy atom. The molecule has 74 valence electrons. The van der Waals surface area contributed by atoms with Crippen molar-refractivity contribution in [2.75, 3.05) is 0 Å². The fourth-order valence-electron chi connectivity index (χ4n) is 1.79. The van der Waals surface area contributed by atoms with Gasteiger partial charge in [-0.3, -0.25) is 0 Å². The molecule has 0 unspecified atom stereocenters. The van der Waals surface area contributed by atoms with Crippen LogP contribution in [0.3, 0.4) is 0 Å². The Hall–Kier alpha value is -1.38. The van der Waals surface area contributed by atoms with E-state index >= 15 is 0 Å². The monoisotopic (exact) mass is 193 g/mol. The highest BCUT2D eigenvalue weighted by Gasteiger charge is 2.12. The standard InChI is InChI=1S/C11H13FN2/c1-7(2)14-8(3)13-11-9(12)5-4-6-10(11)14/h4-7H,1-3H3/i4D. The molecule has 0 fully saturated rings. The molecule has 1 heterocycles. The van der Waals surface area contributed by atoms with Gasteiger partial charge in [0.2, 0.25) is 0 Å². The summed E-state index contributed by atoms with van der Waals surface area (Å²) in [6.45, 7) is 5.88. The molecule has 14 heavy (non-hydrogen) atoms. The average molecular weight is 193 g/mol. The van der Waals surface area contributed by atoms with E-state index in [1.54, 1.807) is 6.07 Å². The van der Waals surface area contributed by atoms with Crippen LogP contribution >= 0.6 is 0 Å². The van der Waals surface area contributed by atoms with E-state index in [9.17, 15) is 4.39 Å². The highest BCUT2D eigenvalue weighted by molar-refractivity contribution is 5.76. The molecular weight excluding hydrogens is 179 g/mol. The smallest absolute Gasteiger partial charge is 0.151 e. The number of nitrogens with zero attached hydrogens (tertiary/aromatic N) is 2. The number of aryl methyl sites for hydroxylation is 1. The first-order valence-corrected chi connectivity index (χ1v) is 4.65. The fraction of sp³-hybridized carbons (Fsp3) is 0.364. The molecule has 0 aliphatic rings. The topological polar surface area (TPSA) is 17.8 Å². The first-order valence-electron chi connectivity index (χ1n) is 5.15. The van der Waals surface area contributed by atoms with Gasteiger partial charge in [0.05, 0.1) is 6.89 Å². The van der Waals surface area contributed by atoms with Gasteiger partial charge in [0.1, 0.15) is 11.3 Å². The van der Waals surface area contributed by atoms with Crippen LogP contribution < -0.4 is 0 Å². The molecular formula is C11H13FN2. The van der Waals surface area contributed by atoms with Crippen LogP contribution in [-0.2, 0) is 0 Å². The van der Waals surface area contributed by atoms with E-state index in [1.165, 1.54) is 6.07 Å². The maximum absolute atomic E-state index is 13.5. The third-order valence-electron chi connectivity index (χ3n) is 2.30. The van der Waals surface area contributed by atoms with Crippen molar-refractivity contribution in [3.05, 3.63) is 29.8 Å². The zero-order valence-corrected chi connectivity index (χ0v) is 8.50. The molecule has 2 nitrogen and oxygen atoms in total. The van der Waals surface area contributed by atoms with Gasteiger partial charge in [-0.05, 0) is 32.9 Å². The molecule has 0 atom stereocenters. The van der Waals surface area contributed by atoms with Gasteiger partial charge in [0.15, 0.2) is 5.82 Å². The SMILES string of the molecule is [2H]c1cc(F)c2nc(C)n(C(C)C)c2c1. The van der Waals surface area contributed by atoms with E-state index in [-0.39, 0.29) is 12.1 Å². The van der Waals surface area contributed by atoms with Gasteiger partial charge in [-0.1, -0.05) is 6.04 Å². The Labute approximate surface area is 83.8 Å². The molecule has 0 radical (unpaired) electrons. The van der Waals surface area contributed by atoms with Crippen LogP contribution in [0.15, 0.2) is 18.2 Å². The van der Waals surface area contributed by atoms with Gasteiger partial charge >= 0.3 is 0 Å². The van der Waals surface area contributed by atoms with Crippen molar-refractivity contribution in [3.63, 3.8) is 0 Å². The number of hydrogen-bond donors (Lipinski definition) is 0. The predicted octanol–water partition coefficient (Wildman–Crippen LogP) is 3.06. The summed E-state index contributed by atoms with van der Waals surface area (Å²) in [5, 5.41) is 0. The quantitative estimate of drug-likeness (QED) is 0.680. The molecule has 1 aromatic heterocycles. The van der Waals surface area contributed by atoms with Crippen molar-refractivity contribution in [1.82, 2.24) is 9.55 Å². The Kier molecular flexibility index (Phi) is 1.76. The van der Waals surface area contributed by atoms with Crippen LogP contribution in [0.5, 0.6) is 0 Å². The first-order chi connectivity index (χ1) is 7.00. The number of aromatic nitrogens is 2. The number of hydrogen-bond acceptors (Lipinski definition) is 1. The maximum atomic E-state index is 13.5. The highest BCUT2D eigenvalue weighted by Crippen LogP contribution is 2.22. The molecule has 0 spiro atoms. The highest BCUT2D eigenvalue weighted by atomic mass is 19.1. The van der Waals surface area contributed by atoms with Crippen molar-refractivity contribution < 1.29 is 5.76 Å². The number of fused-ring (bicyclic) bond motifs is 1. The molecule has 0 aliphatic carbocycles. The minimum absolute atomic E-state index is 0.182. The molecule has 0 N–H and O–H groups in total. The lowest BCUT2D eigenvalue weighted by molar-refractivity contribution is 0.600. The molecule has 2 aromatic rings. The summed E-state index contributed by atoms with van der Waals surface area (Å²) < 4.78 is 22.9. The second-order valence-corrected chi connectivity index (χ2v) is 3.66. The number of para-hydroxylation sites is 1. The van der Waals surface area contributed by atoms with Crippen molar-refractivity contribution in [1.29, 1.82) is 0 Å². The van der Waals surface area contributed by atoms with Crippen LogP contribution in [0.1, 0.15) is 27.1 Å². The van der Waals surface area contributed by atoms with E-state index in [2.05, 4.69) is 4.98 Å². The molecule has 0 saturated heterocycles. The van der Waals surface area contributed by atoms with Crippen LogP contribution in [0.4, 0.5) is 4.39 Å². The largest absolute Gasteiger partial charge is 0.326 e. The van der Waals surface area contributed by atoms with Crippen LogP contribution in [0.25, 0.3) is 11.0 Å². The van der Waals surface area contributed by atoms with E-state index in [1.807, 2.05) is 25.3 Å². The maximum Gasteiger partial charge on any atom is 0.151 e. The average Bonchev–Trinajstić information content (AvgIpc) is 2.41. The first kappa shape index (κ1) is 7.97. The predicted molar refractivity (Wildman–Crippen MR) is 54.8 cm³/mol. The van der Waals surface area contributed by atoms with Gasteiger partial charge in [0, 0.05) is 6.04 Å². The normalized spacial score (nSPS) is 12.5. The summed E-state index contributed by atoms with van der Waals surface area (Å²) in [6.07, 6.45) is 0. The minimum Gasteiger partial charge on any atom is -0.326 e. The van der Waals surface area contributed by atoms with Gasteiger partial charge in [-0.15, -0.1) is 0 Å². The number of benzene rings is 1. The third kappa shape index (κ3) is 1.20. The van der Waals surface area contributed by atoms with E-state index < -0.39 is 5.82 Å². The lowest BCUT2D eigenvalue weighted by atomic mass is 10.3. The van der Waals surface area contributed by atoms with E-state index in [4.69, 9.17) is 1.37 Å². The van der Waals surface area contributed by atoms with Crippen molar-refractivity contribution >= 4 is 11.0 Å². The summed E-state index contributed by atoms with van der Waals surface area (Å²) in [6, 6.07) is 3.25. The number of halogens is 1. The van der Waals surface area contributed by atoms with Gasteiger partial charge in [0.25, 0.3) is 0 Å². The van der Waals surface area contributed by atoms with E-state index in [0.29, 0.717) is 11.0 Å². The second kappa shape index (κ2) is 3.08. The van der Waals surface area contributed by atoms with Gasteiger partial charge < -0.3 is 4.57 Å². The minimum atomic E-state index is -0.417. The molecule has 0 aliphatic heterocycles. The molecule has 0 bridgehead atoms. The summed E-state index contributed by atoms with van der Waals surface area (Å²) >= 11 is 0. The second-order valence-electron chi connectivity index (χ2n) is 3.66. The van der Waals surface area contributed by atoms with Crippen LogP contribution in [0.2, 0.25) is 0 Å². The molecule has 3 heteroatoms. The third-order valence-corrected chi connectivity index (χ3v) is 2.30. The summed E-state index contributed by atoms with van der Waals surface area (Å²) in [5.41, 5.74) is 1.06. The fourth-order valence-corrected chi connectivity index (χ4v) is 1.79. The number of rotatable bonds is 1. The molecule has 0 amide bonds. The summed E-state index contributed by atoms with van der Waals surface area (Å²) in [7, 11) is 0. The lowest BCUT2D eigenvalue weighted by Crippen LogP contribution is -2.02. The lowest BCUT2D eigenvalue weighted by Gasteiger charge is -2.10. The zero-order chi connectivity index (χ0) is 11.2. The van der Waals surface area contributed by atoms with Crippen LogP contribution in [-0.4, -0.2) is 9.55 Å². The Morgan fingerprint density at radius 1 is 1.50 bits per heavy atom. The molecule has 1 aromatic carbocycles.